The number of aliphatic imine (C=N–C) groups is 1. The van der Waals surface area contributed by atoms with Crippen LogP contribution in [0.25, 0.3) is 0 Å². The van der Waals surface area contributed by atoms with Crippen LogP contribution in [0, 0.1) is 0 Å². The van der Waals surface area contributed by atoms with Crippen LogP contribution in [0.15, 0.2) is 52.1 Å². The zero-order chi connectivity index (χ0) is 19.9. The molecule has 0 bridgehead atoms. The number of aliphatic hydroxyl groups excluding tert-OH is 1. The molecule has 1 aromatic heterocycles. The minimum Gasteiger partial charge on any atom is -0.459 e. The van der Waals surface area contributed by atoms with Crippen LogP contribution in [0.2, 0.25) is 5.02 Å². The Morgan fingerprint density at radius 2 is 1.89 bits per heavy atom. The van der Waals surface area contributed by atoms with Gasteiger partial charge in [-0.25, -0.2) is 0 Å². The third-order valence-corrected chi connectivity index (χ3v) is 4.85. The molecule has 28 heavy (non-hydrogen) atoms. The van der Waals surface area contributed by atoms with Crippen LogP contribution in [-0.4, -0.2) is 66.0 Å². The molecule has 8 heteroatoms. The number of guanidine groups is 1. The number of carbonyl (C=O) groups excluding carboxylic acids is 1. The van der Waals surface area contributed by atoms with Gasteiger partial charge in [0.25, 0.3) is 5.91 Å². The molecule has 1 fully saturated rings. The molecule has 1 atom stereocenters. The van der Waals surface area contributed by atoms with Crippen LogP contribution in [0.1, 0.15) is 29.1 Å². The monoisotopic (exact) mass is 404 g/mol. The van der Waals surface area contributed by atoms with Gasteiger partial charge in [0.2, 0.25) is 0 Å². The average Bonchev–Trinajstić information content (AvgIpc) is 3.26. The van der Waals surface area contributed by atoms with E-state index in [1.165, 1.54) is 6.26 Å². The summed E-state index contributed by atoms with van der Waals surface area (Å²) in [6.07, 6.45) is 0.804. The quantitative estimate of drug-likeness (QED) is 0.590. The van der Waals surface area contributed by atoms with E-state index >= 15 is 0 Å². The molecule has 3 rings (SSSR count). The summed E-state index contributed by atoms with van der Waals surface area (Å²) in [4.78, 5) is 20.8. The van der Waals surface area contributed by atoms with Gasteiger partial charge >= 0.3 is 0 Å². The number of benzene rings is 1. The van der Waals surface area contributed by atoms with Gasteiger partial charge in [0.1, 0.15) is 0 Å². The summed E-state index contributed by atoms with van der Waals surface area (Å²) in [6.45, 7) is 5.47. The Labute approximate surface area is 169 Å². The molecule has 150 valence electrons. The lowest BCUT2D eigenvalue weighted by atomic mass is 10.1. The largest absolute Gasteiger partial charge is 0.459 e. The highest BCUT2D eigenvalue weighted by molar-refractivity contribution is 6.30. The number of nitrogens with one attached hydrogen (secondary N) is 1. The molecule has 0 radical (unpaired) electrons. The van der Waals surface area contributed by atoms with E-state index in [9.17, 15) is 9.90 Å². The fourth-order valence-electron chi connectivity index (χ4n) is 3.07. The van der Waals surface area contributed by atoms with Crippen LogP contribution in [0.4, 0.5) is 0 Å². The molecule has 0 saturated carbocycles. The number of amides is 1. The Balaban J connectivity index is 1.58. The molecule has 1 amide bonds. The zero-order valence-corrected chi connectivity index (χ0v) is 16.6. The first-order valence-electron chi connectivity index (χ1n) is 9.38. The topological polar surface area (TPSA) is 81.3 Å². The zero-order valence-electron chi connectivity index (χ0n) is 15.8. The van der Waals surface area contributed by atoms with Gasteiger partial charge < -0.3 is 24.6 Å². The average molecular weight is 405 g/mol. The number of nitrogens with zero attached hydrogens (tertiary/aromatic N) is 3. The minimum absolute atomic E-state index is 0.0928. The van der Waals surface area contributed by atoms with E-state index in [2.05, 4.69) is 15.2 Å². The summed E-state index contributed by atoms with van der Waals surface area (Å²) in [5.41, 5.74) is 0.776. The molecule has 7 nitrogen and oxygen atoms in total. The maximum atomic E-state index is 12.4. The highest BCUT2D eigenvalue weighted by Crippen LogP contribution is 2.17. The third-order valence-electron chi connectivity index (χ3n) is 4.60. The summed E-state index contributed by atoms with van der Waals surface area (Å²) in [5, 5.41) is 14.3. The molecular weight excluding hydrogens is 380 g/mol. The Morgan fingerprint density at radius 3 is 2.50 bits per heavy atom. The van der Waals surface area contributed by atoms with E-state index in [1.807, 2.05) is 6.92 Å². The Bertz CT molecular complexity index is 784. The molecule has 1 aliphatic rings. The number of hydrogen-bond donors (Lipinski definition) is 2. The SMILES string of the molecule is CCNC(=NCC(O)c1ccc(Cl)cc1)N1CCN(C(=O)c2ccco2)CC1. The number of rotatable bonds is 5. The van der Waals surface area contributed by atoms with Gasteiger partial charge in [-0.3, -0.25) is 9.79 Å². The molecule has 2 aromatic rings. The van der Waals surface area contributed by atoms with Gasteiger partial charge in [-0.2, -0.15) is 0 Å². The molecule has 0 aliphatic carbocycles. The predicted molar refractivity (Wildman–Crippen MR) is 109 cm³/mol. The van der Waals surface area contributed by atoms with Crippen molar-refractivity contribution in [3.8, 4) is 0 Å². The van der Waals surface area contributed by atoms with Crippen molar-refractivity contribution < 1.29 is 14.3 Å². The van der Waals surface area contributed by atoms with E-state index in [4.69, 9.17) is 16.0 Å². The minimum atomic E-state index is -0.701. The second-order valence-electron chi connectivity index (χ2n) is 6.52. The highest BCUT2D eigenvalue weighted by atomic mass is 35.5. The Morgan fingerprint density at radius 1 is 1.21 bits per heavy atom. The van der Waals surface area contributed by atoms with Crippen molar-refractivity contribution in [1.29, 1.82) is 0 Å². The highest BCUT2D eigenvalue weighted by Gasteiger charge is 2.25. The summed E-state index contributed by atoms with van der Waals surface area (Å²) in [5.74, 6) is 1.01. The fourth-order valence-corrected chi connectivity index (χ4v) is 3.19. The molecule has 1 aromatic carbocycles. The Hall–Kier alpha value is -2.51. The predicted octanol–water partition coefficient (Wildman–Crippen LogP) is 2.39. The normalized spacial score (nSPS) is 16.2. The van der Waals surface area contributed by atoms with Gasteiger partial charge in [0.05, 0.1) is 18.9 Å². The van der Waals surface area contributed by atoms with Gasteiger partial charge in [0.15, 0.2) is 11.7 Å². The summed E-state index contributed by atoms with van der Waals surface area (Å²) in [6, 6.07) is 10.5. The smallest absolute Gasteiger partial charge is 0.289 e. The van der Waals surface area contributed by atoms with Gasteiger partial charge in [0, 0.05) is 37.7 Å². The summed E-state index contributed by atoms with van der Waals surface area (Å²) < 4.78 is 5.20. The van der Waals surface area contributed by atoms with Crippen molar-refractivity contribution in [3.63, 3.8) is 0 Å². The van der Waals surface area contributed by atoms with Crippen molar-refractivity contribution >= 4 is 23.5 Å². The van der Waals surface area contributed by atoms with Gasteiger partial charge in [-0.15, -0.1) is 0 Å². The first kappa shape index (κ1) is 20.2. The van der Waals surface area contributed by atoms with Crippen molar-refractivity contribution in [2.24, 2.45) is 4.99 Å². The van der Waals surface area contributed by atoms with Gasteiger partial charge in [-0.05, 0) is 36.8 Å². The second-order valence-corrected chi connectivity index (χ2v) is 6.95. The lowest BCUT2D eigenvalue weighted by molar-refractivity contribution is 0.0657. The van der Waals surface area contributed by atoms with E-state index in [1.54, 1.807) is 41.3 Å². The van der Waals surface area contributed by atoms with Crippen molar-refractivity contribution in [1.82, 2.24) is 15.1 Å². The van der Waals surface area contributed by atoms with E-state index in [0.29, 0.717) is 37.0 Å². The van der Waals surface area contributed by atoms with E-state index in [0.717, 1.165) is 18.1 Å². The number of piperazine rings is 1. The van der Waals surface area contributed by atoms with E-state index < -0.39 is 6.10 Å². The van der Waals surface area contributed by atoms with Crippen LogP contribution < -0.4 is 5.32 Å². The number of furan rings is 1. The van der Waals surface area contributed by atoms with Crippen LogP contribution >= 0.6 is 11.6 Å². The maximum absolute atomic E-state index is 12.4. The molecule has 2 N–H and O–H groups in total. The van der Waals surface area contributed by atoms with Gasteiger partial charge in [-0.1, -0.05) is 23.7 Å². The van der Waals surface area contributed by atoms with Crippen molar-refractivity contribution in [3.05, 3.63) is 59.0 Å². The first-order chi connectivity index (χ1) is 13.6. The summed E-state index contributed by atoms with van der Waals surface area (Å²) >= 11 is 5.89. The molecule has 0 spiro atoms. The van der Waals surface area contributed by atoms with Crippen LogP contribution in [0.5, 0.6) is 0 Å². The number of aliphatic hydroxyl groups is 1. The number of halogens is 1. The summed E-state index contributed by atoms with van der Waals surface area (Å²) in [7, 11) is 0. The van der Waals surface area contributed by atoms with Crippen LogP contribution in [-0.2, 0) is 0 Å². The van der Waals surface area contributed by atoms with E-state index in [-0.39, 0.29) is 12.5 Å². The van der Waals surface area contributed by atoms with Crippen molar-refractivity contribution in [2.45, 2.75) is 13.0 Å². The second kappa shape index (κ2) is 9.61. The van der Waals surface area contributed by atoms with Crippen LogP contribution in [0.3, 0.4) is 0 Å². The van der Waals surface area contributed by atoms with Crippen molar-refractivity contribution in [2.75, 3.05) is 39.3 Å². The lowest BCUT2D eigenvalue weighted by Crippen LogP contribution is -2.53. The third kappa shape index (κ3) is 5.05. The molecule has 1 aliphatic heterocycles. The number of hydrogen-bond acceptors (Lipinski definition) is 4. The lowest BCUT2D eigenvalue weighted by Gasteiger charge is -2.36. The number of carbonyl (C=O) groups is 1. The Kier molecular flexibility index (Phi) is 6.95. The maximum Gasteiger partial charge on any atom is 0.289 e. The molecular formula is C20H25ClN4O3. The molecule has 1 saturated heterocycles. The molecule has 1 unspecified atom stereocenters. The first-order valence-corrected chi connectivity index (χ1v) is 9.76. The fraction of sp³-hybridized carbons (Fsp3) is 0.400. The standard InChI is InChI=1S/C20H25ClN4O3/c1-2-22-20(23-14-17(26)15-5-7-16(21)8-6-15)25-11-9-24(10-12-25)19(27)18-4-3-13-28-18/h3-8,13,17,26H,2,9-12,14H2,1H3,(H,22,23). The molecule has 2 heterocycles.